The number of hydrogen-bond acceptors (Lipinski definition) is 4. The van der Waals surface area contributed by atoms with Gasteiger partial charge < -0.3 is 0 Å². The molecule has 1 aromatic heterocycles. The van der Waals surface area contributed by atoms with Gasteiger partial charge in [-0.25, -0.2) is 0 Å². The Hall–Kier alpha value is -0.900. The van der Waals surface area contributed by atoms with Crippen molar-refractivity contribution in [2.45, 2.75) is 39.3 Å². The molecule has 2 rings (SSSR count). The van der Waals surface area contributed by atoms with Crippen LogP contribution in [0, 0.1) is 11.3 Å². The summed E-state index contributed by atoms with van der Waals surface area (Å²) >= 11 is 3.68. The van der Waals surface area contributed by atoms with Crippen LogP contribution in [0.15, 0.2) is 4.47 Å². The second-order valence-electron chi connectivity index (χ2n) is 5.55. The fraction of sp³-hybridized carbons (Fsp3) is 0.733. The Morgan fingerprint density at radius 3 is 2.43 bits per heavy atom. The quantitative estimate of drug-likeness (QED) is 0.813. The molecule has 0 radical (unpaired) electrons. The van der Waals surface area contributed by atoms with Crippen LogP contribution in [0.5, 0.6) is 0 Å². The molecular formula is C15H24BrN5. The minimum atomic E-state index is 0.0716. The van der Waals surface area contributed by atoms with E-state index in [1.807, 2.05) is 11.7 Å². The summed E-state index contributed by atoms with van der Waals surface area (Å²) in [5.41, 5.74) is 2.37. The van der Waals surface area contributed by atoms with Crippen molar-refractivity contribution in [3.8, 4) is 6.07 Å². The summed E-state index contributed by atoms with van der Waals surface area (Å²) in [6.07, 6.45) is 1.85. The number of nitriles is 1. The number of rotatable bonds is 5. The smallest absolute Gasteiger partial charge is 0.0976 e. The van der Waals surface area contributed by atoms with E-state index in [9.17, 15) is 0 Å². The molecule has 0 aliphatic carbocycles. The van der Waals surface area contributed by atoms with Crippen LogP contribution in [0.25, 0.3) is 0 Å². The van der Waals surface area contributed by atoms with Crippen molar-refractivity contribution < 1.29 is 0 Å². The standard InChI is InChI=1S/C15H24BrN5/c1-4-12(10-17)21-8-6-20(7-9-21)11-14-15(16)13(5-2)18-19(14)3/h12H,4-9,11H2,1-3H3. The average Bonchev–Trinajstić information content (AvgIpc) is 2.77. The predicted octanol–water partition coefficient (Wildman–Crippen LogP) is 2.16. The molecular weight excluding hydrogens is 330 g/mol. The fourth-order valence-electron chi connectivity index (χ4n) is 2.87. The average molecular weight is 354 g/mol. The van der Waals surface area contributed by atoms with Gasteiger partial charge in [-0.15, -0.1) is 0 Å². The topological polar surface area (TPSA) is 48.1 Å². The summed E-state index contributed by atoms with van der Waals surface area (Å²) in [6.45, 7) is 9.10. The van der Waals surface area contributed by atoms with E-state index in [1.54, 1.807) is 0 Å². The summed E-state index contributed by atoms with van der Waals surface area (Å²) in [5, 5.41) is 13.7. The molecule has 1 saturated heterocycles. The highest BCUT2D eigenvalue weighted by atomic mass is 79.9. The highest BCUT2D eigenvalue weighted by Gasteiger charge is 2.24. The molecule has 0 aromatic carbocycles. The number of hydrogen-bond donors (Lipinski definition) is 0. The Bertz CT molecular complexity index is 511. The predicted molar refractivity (Wildman–Crippen MR) is 86.8 cm³/mol. The van der Waals surface area contributed by atoms with Crippen molar-refractivity contribution in [1.82, 2.24) is 19.6 Å². The maximum Gasteiger partial charge on any atom is 0.0976 e. The number of nitrogens with zero attached hydrogens (tertiary/aromatic N) is 5. The molecule has 0 saturated carbocycles. The second kappa shape index (κ2) is 7.39. The summed E-state index contributed by atoms with van der Waals surface area (Å²) in [6, 6.07) is 2.47. The number of aromatic nitrogens is 2. The maximum absolute atomic E-state index is 9.16. The fourth-order valence-corrected chi connectivity index (χ4v) is 3.61. The van der Waals surface area contributed by atoms with Crippen molar-refractivity contribution in [1.29, 1.82) is 5.26 Å². The molecule has 21 heavy (non-hydrogen) atoms. The van der Waals surface area contributed by atoms with E-state index in [-0.39, 0.29) is 6.04 Å². The Morgan fingerprint density at radius 2 is 1.95 bits per heavy atom. The van der Waals surface area contributed by atoms with Gasteiger partial charge in [0.25, 0.3) is 0 Å². The zero-order chi connectivity index (χ0) is 15.4. The first-order valence-corrected chi connectivity index (χ1v) is 8.46. The van der Waals surface area contributed by atoms with Crippen LogP contribution < -0.4 is 0 Å². The first-order chi connectivity index (χ1) is 10.1. The van der Waals surface area contributed by atoms with Gasteiger partial charge in [0.15, 0.2) is 0 Å². The molecule has 2 heterocycles. The van der Waals surface area contributed by atoms with Crippen LogP contribution in [0.4, 0.5) is 0 Å². The first-order valence-electron chi connectivity index (χ1n) is 7.66. The third kappa shape index (κ3) is 3.65. The largest absolute Gasteiger partial charge is 0.295 e. The van der Waals surface area contributed by atoms with Crippen LogP contribution >= 0.6 is 15.9 Å². The summed E-state index contributed by atoms with van der Waals surface area (Å²) in [5.74, 6) is 0. The van der Waals surface area contributed by atoms with Crippen LogP contribution in [0.2, 0.25) is 0 Å². The van der Waals surface area contributed by atoms with Gasteiger partial charge in [-0.2, -0.15) is 10.4 Å². The summed E-state index contributed by atoms with van der Waals surface area (Å²) in [4.78, 5) is 4.74. The van der Waals surface area contributed by atoms with E-state index in [4.69, 9.17) is 5.26 Å². The van der Waals surface area contributed by atoms with E-state index in [0.717, 1.165) is 55.7 Å². The lowest BCUT2D eigenvalue weighted by molar-refractivity contribution is 0.106. The number of aryl methyl sites for hydroxylation is 2. The van der Waals surface area contributed by atoms with Crippen molar-refractivity contribution in [2.24, 2.45) is 7.05 Å². The number of piperazine rings is 1. The molecule has 1 aliphatic heterocycles. The van der Waals surface area contributed by atoms with Crippen LogP contribution in [0.1, 0.15) is 31.7 Å². The van der Waals surface area contributed by atoms with Gasteiger partial charge in [0.1, 0.15) is 0 Å². The third-order valence-corrected chi connectivity index (χ3v) is 5.18. The molecule has 116 valence electrons. The van der Waals surface area contributed by atoms with Crippen molar-refractivity contribution in [3.63, 3.8) is 0 Å². The molecule has 1 aromatic rings. The maximum atomic E-state index is 9.16. The number of halogens is 1. The van der Waals surface area contributed by atoms with Crippen LogP contribution in [0.3, 0.4) is 0 Å². The highest BCUT2D eigenvalue weighted by molar-refractivity contribution is 9.10. The second-order valence-corrected chi connectivity index (χ2v) is 6.34. The SMILES string of the molecule is CCc1nn(C)c(CN2CCN(C(C#N)CC)CC2)c1Br. The summed E-state index contributed by atoms with van der Waals surface area (Å²) in [7, 11) is 2.01. The minimum absolute atomic E-state index is 0.0716. The van der Waals surface area contributed by atoms with Crippen molar-refractivity contribution >= 4 is 15.9 Å². The third-order valence-electron chi connectivity index (χ3n) is 4.26. The molecule has 0 N–H and O–H groups in total. The van der Waals surface area contributed by atoms with Gasteiger partial charge in [0.2, 0.25) is 0 Å². The monoisotopic (exact) mass is 353 g/mol. The molecule has 0 amide bonds. The van der Waals surface area contributed by atoms with Crippen LogP contribution in [-0.2, 0) is 20.0 Å². The van der Waals surface area contributed by atoms with E-state index >= 15 is 0 Å². The normalized spacial score (nSPS) is 18.6. The van der Waals surface area contributed by atoms with Gasteiger partial charge in [-0.05, 0) is 28.8 Å². The van der Waals surface area contributed by atoms with Gasteiger partial charge >= 0.3 is 0 Å². The van der Waals surface area contributed by atoms with E-state index in [0.29, 0.717) is 0 Å². The van der Waals surface area contributed by atoms with E-state index in [1.165, 1.54) is 5.69 Å². The lowest BCUT2D eigenvalue weighted by Crippen LogP contribution is -2.49. The molecule has 5 nitrogen and oxygen atoms in total. The lowest BCUT2D eigenvalue weighted by Gasteiger charge is -2.36. The van der Waals surface area contributed by atoms with Gasteiger partial charge in [-0.1, -0.05) is 13.8 Å². The molecule has 0 bridgehead atoms. The molecule has 0 spiro atoms. The van der Waals surface area contributed by atoms with Gasteiger partial charge in [0, 0.05) is 39.8 Å². The van der Waals surface area contributed by atoms with Gasteiger partial charge in [0.05, 0.1) is 28.0 Å². The minimum Gasteiger partial charge on any atom is -0.295 e. The van der Waals surface area contributed by atoms with E-state index in [2.05, 4.69) is 50.7 Å². The van der Waals surface area contributed by atoms with Gasteiger partial charge in [-0.3, -0.25) is 14.5 Å². The van der Waals surface area contributed by atoms with E-state index < -0.39 is 0 Å². The Labute approximate surface area is 135 Å². The molecule has 1 atom stereocenters. The highest BCUT2D eigenvalue weighted by Crippen LogP contribution is 2.23. The lowest BCUT2D eigenvalue weighted by atomic mass is 10.2. The molecule has 1 fully saturated rings. The van der Waals surface area contributed by atoms with Crippen molar-refractivity contribution in [2.75, 3.05) is 26.2 Å². The van der Waals surface area contributed by atoms with Crippen LogP contribution in [-0.4, -0.2) is 51.8 Å². The summed E-state index contributed by atoms with van der Waals surface area (Å²) < 4.78 is 3.14. The Morgan fingerprint density at radius 1 is 1.29 bits per heavy atom. The molecule has 1 aliphatic rings. The Balaban J connectivity index is 1.95. The zero-order valence-corrected chi connectivity index (χ0v) is 14.7. The Kier molecular flexibility index (Phi) is 5.80. The molecule has 1 unspecified atom stereocenters. The van der Waals surface area contributed by atoms with Crippen molar-refractivity contribution in [3.05, 3.63) is 15.9 Å². The molecule has 6 heteroatoms. The first kappa shape index (κ1) is 16.5. The zero-order valence-electron chi connectivity index (χ0n) is 13.1.